The summed E-state index contributed by atoms with van der Waals surface area (Å²) in [6, 6.07) is 5.81. The first kappa shape index (κ1) is 15.9. The molecule has 19 heavy (non-hydrogen) atoms. The summed E-state index contributed by atoms with van der Waals surface area (Å²) in [5.74, 6) is 0.755. The molecule has 6 heteroatoms. The normalized spacial score (nSPS) is 10.3. The second-order valence-corrected chi connectivity index (χ2v) is 4.77. The summed E-state index contributed by atoms with van der Waals surface area (Å²) in [6.45, 7) is 1.97. The Morgan fingerprint density at radius 1 is 1.37 bits per heavy atom. The molecule has 5 nitrogen and oxygen atoms in total. The fourth-order valence-electron chi connectivity index (χ4n) is 1.50. The summed E-state index contributed by atoms with van der Waals surface area (Å²) in [7, 11) is 3.23. The SMILES string of the molecule is COCCNC(=O)CNCc1ccc(OC)c(Br)c1. The van der Waals surface area contributed by atoms with Crippen molar-refractivity contribution >= 4 is 21.8 Å². The van der Waals surface area contributed by atoms with Gasteiger partial charge in [-0.1, -0.05) is 6.07 Å². The molecule has 0 fully saturated rings. The Morgan fingerprint density at radius 3 is 2.79 bits per heavy atom. The average Bonchev–Trinajstić information content (AvgIpc) is 2.39. The third-order valence-electron chi connectivity index (χ3n) is 2.46. The van der Waals surface area contributed by atoms with Gasteiger partial charge in [-0.25, -0.2) is 0 Å². The molecule has 0 aromatic heterocycles. The van der Waals surface area contributed by atoms with Gasteiger partial charge in [-0.3, -0.25) is 4.79 Å². The maximum absolute atomic E-state index is 11.4. The minimum atomic E-state index is -0.0374. The summed E-state index contributed by atoms with van der Waals surface area (Å²) < 4.78 is 10.9. The lowest BCUT2D eigenvalue weighted by atomic mass is 10.2. The number of benzene rings is 1. The number of carbonyl (C=O) groups is 1. The zero-order valence-corrected chi connectivity index (χ0v) is 12.7. The van der Waals surface area contributed by atoms with Gasteiger partial charge in [-0.05, 0) is 33.6 Å². The van der Waals surface area contributed by atoms with Crippen molar-refractivity contribution in [2.24, 2.45) is 0 Å². The maximum atomic E-state index is 11.4. The smallest absolute Gasteiger partial charge is 0.234 e. The van der Waals surface area contributed by atoms with Gasteiger partial charge in [0, 0.05) is 20.2 Å². The number of amides is 1. The van der Waals surface area contributed by atoms with Gasteiger partial charge in [-0.15, -0.1) is 0 Å². The van der Waals surface area contributed by atoms with Crippen LogP contribution in [0.15, 0.2) is 22.7 Å². The highest BCUT2D eigenvalue weighted by Gasteiger charge is 2.03. The molecule has 1 aromatic rings. The second kappa shape index (κ2) is 8.90. The lowest BCUT2D eigenvalue weighted by Crippen LogP contribution is -2.35. The highest BCUT2D eigenvalue weighted by Crippen LogP contribution is 2.25. The van der Waals surface area contributed by atoms with Crippen LogP contribution in [-0.2, 0) is 16.1 Å². The van der Waals surface area contributed by atoms with E-state index >= 15 is 0 Å². The summed E-state index contributed by atoms with van der Waals surface area (Å²) in [5.41, 5.74) is 1.08. The molecule has 1 rings (SSSR count). The molecule has 0 radical (unpaired) electrons. The van der Waals surface area contributed by atoms with Crippen LogP contribution in [0.25, 0.3) is 0 Å². The van der Waals surface area contributed by atoms with Gasteiger partial charge < -0.3 is 20.1 Å². The molecular weight excluding hydrogens is 312 g/mol. The van der Waals surface area contributed by atoms with E-state index in [0.29, 0.717) is 19.7 Å². The molecule has 0 atom stereocenters. The zero-order chi connectivity index (χ0) is 14.1. The van der Waals surface area contributed by atoms with Crippen LogP contribution >= 0.6 is 15.9 Å². The summed E-state index contributed by atoms with van der Waals surface area (Å²) >= 11 is 3.42. The largest absolute Gasteiger partial charge is 0.496 e. The molecule has 1 aromatic carbocycles. The van der Waals surface area contributed by atoms with Gasteiger partial charge in [-0.2, -0.15) is 0 Å². The van der Waals surface area contributed by atoms with E-state index in [1.165, 1.54) is 0 Å². The van der Waals surface area contributed by atoms with Gasteiger partial charge in [0.25, 0.3) is 0 Å². The molecule has 2 N–H and O–H groups in total. The summed E-state index contributed by atoms with van der Waals surface area (Å²) in [6.07, 6.45) is 0. The van der Waals surface area contributed by atoms with E-state index in [2.05, 4.69) is 26.6 Å². The Bertz CT molecular complexity index is 413. The predicted octanol–water partition coefficient (Wildman–Crippen LogP) is 1.31. The first-order valence-corrected chi connectivity index (χ1v) is 6.75. The van der Waals surface area contributed by atoms with Crippen molar-refractivity contribution in [3.8, 4) is 5.75 Å². The Balaban J connectivity index is 2.29. The minimum Gasteiger partial charge on any atom is -0.496 e. The van der Waals surface area contributed by atoms with E-state index in [-0.39, 0.29) is 12.5 Å². The number of halogens is 1. The number of rotatable bonds is 8. The third-order valence-corrected chi connectivity index (χ3v) is 3.08. The Morgan fingerprint density at radius 2 is 2.16 bits per heavy atom. The van der Waals surface area contributed by atoms with Crippen molar-refractivity contribution in [3.63, 3.8) is 0 Å². The number of ether oxygens (including phenoxy) is 2. The van der Waals surface area contributed by atoms with Crippen LogP contribution in [-0.4, -0.2) is 39.8 Å². The van der Waals surface area contributed by atoms with Gasteiger partial charge in [0.1, 0.15) is 5.75 Å². The first-order chi connectivity index (χ1) is 9.17. The molecule has 0 aliphatic carbocycles. The molecule has 0 unspecified atom stereocenters. The van der Waals surface area contributed by atoms with Crippen molar-refractivity contribution in [1.82, 2.24) is 10.6 Å². The van der Waals surface area contributed by atoms with Crippen LogP contribution in [0, 0.1) is 0 Å². The molecule has 0 spiro atoms. The quantitative estimate of drug-likeness (QED) is 0.705. The van der Waals surface area contributed by atoms with Gasteiger partial charge in [0.15, 0.2) is 0 Å². The predicted molar refractivity (Wildman–Crippen MR) is 77.3 cm³/mol. The molecule has 0 saturated heterocycles. The number of nitrogens with one attached hydrogen (secondary N) is 2. The minimum absolute atomic E-state index is 0.0374. The van der Waals surface area contributed by atoms with E-state index < -0.39 is 0 Å². The van der Waals surface area contributed by atoms with E-state index in [9.17, 15) is 4.79 Å². The topological polar surface area (TPSA) is 59.6 Å². The molecule has 0 saturated carbocycles. The van der Waals surface area contributed by atoms with Crippen LogP contribution in [0.1, 0.15) is 5.56 Å². The Labute approximate surface area is 121 Å². The fourth-order valence-corrected chi connectivity index (χ4v) is 2.08. The fraction of sp³-hybridized carbons (Fsp3) is 0.462. The van der Waals surface area contributed by atoms with Crippen LogP contribution in [0.5, 0.6) is 5.75 Å². The third kappa shape index (κ3) is 6.04. The lowest BCUT2D eigenvalue weighted by molar-refractivity contribution is -0.120. The van der Waals surface area contributed by atoms with E-state index in [1.807, 2.05) is 18.2 Å². The standard InChI is InChI=1S/C13H19BrN2O3/c1-18-6-5-16-13(17)9-15-8-10-3-4-12(19-2)11(14)7-10/h3-4,7,15H,5-6,8-9H2,1-2H3,(H,16,17). The van der Waals surface area contributed by atoms with Gasteiger partial charge >= 0.3 is 0 Å². The Kier molecular flexibility index (Phi) is 7.47. The van der Waals surface area contributed by atoms with Crippen LogP contribution in [0.3, 0.4) is 0 Å². The molecule has 1 amide bonds. The van der Waals surface area contributed by atoms with E-state index in [1.54, 1.807) is 14.2 Å². The van der Waals surface area contributed by atoms with Crippen LogP contribution in [0.2, 0.25) is 0 Å². The first-order valence-electron chi connectivity index (χ1n) is 5.96. The molecule has 0 aliphatic rings. The average molecular weight is 331 g/mol. The van der Waals surface area contributed by atoms with Crippen molar-refractivity contribution in [3.05, 3.63) is 28.2 Å². The van der Waals surface area contributed by atoms with Crippen molar-refractivity contribution < 1.29 is 14.3 Å². The monoisotopic (exact) mass is 330 g/mol. The number of hydrogen-bond donors (Lipinski definition) is 2. The Hall–Kier alpha value is -1.11. The van der Waals surface area contributed by atoms with Crippen molar-refractivity contribution in [1.29, 1.82) is 0 Å². The highest BCUT2D eigenvalue weighted by molar-refractivity contribution is 9.10. The number of carbonyl (C=O) groups excluding carboxylic acids is 1. The molecule has 0 heterocycles. The second-order valence-electron chi connectivity index (χ2n) is 3.92. The van der Waals surface area contributed by atoms with Crippen molar-refractivity contribution in [2.45, 2.75) is 6.54 Å². The number of hydrogen-bond acceptors (Lipinski definition) is 4. The lowest BCUT2D eigenvalue weighted by Gasteiger charge is -2.08. The zero-order valence-electron chi connectivity index (χ0n) is 11.2. The molecular formula is C13H19BrN2O3. The summed E-state index contributed by atoms with van der Waals surface area (Å²) in [4.78, 5) is 11.4. The van der Waals surface area contributed by atoms with Gasteiger partial charge in [0.05, 0.1) is 24.7 Å². The highest BCUT2D eigenvalue weighted by atomic mass is 79.9. The van der Waals surface area contributed by atoms with Crippen LogP contribution in [0.4, 0.5) is 0 Å². The molecule has 0 aliphatic heterocycles. The summed E-state index contributed by atoms with van der Waals surface area (Å²) in [5, 5.41) is 5.82. The number of methoxy groups -OCH3 is 2. The maximum Gasteiger partial charge on any atom is 0.234 e. The van der Waals surface area contributed by atoms with Gasteiger partial charge in [0.2, 0.25) is 5.91 Å². The van der Waals surface area contributed by atoms with E-state index in [4.69, 9.17) is 9.47 Å². The van der Waals surface area contributed by atoms with Crippen molar-refractivity contribution in [2.75, 3.05) is 33.9 Å². The van der Waals surface area contributed by atoms with Crippen LogP contribution < -0.4 is 15.4 Å². The van der Waals surface area contributed by atoms with E-state index in [0.717, 1.165) is 15.8 Å². The molecule has 0 bridgehead atoms. The molecule has 106 valence electrons.